The van der Waals surface area contributed by atoms with Gasteiger partial charge in [0.25, 0.3) is 5.56 Å². The Kier molecular flexibility index (Phi) is 5.72. The molecule has 2 aromatic carbocycles. The summed E-state index contributed by atoms with van der Waals surface area (Å²) in [5, 5.41) is 0.675. The Bertz CT molecular complexity index is 972. The van der Waals surface area contributed by atoms with Gasteiger partial charge in [0.1, 0.15) is 0 Å². The first kappa shape index (κ1) is 17.0. The Morgan fingerprint density at radius 2 is 1.78 bits per heavy atom. The van der Waals surface area contributed by atoms with Crippen molar-refractivity contribution in [1.29, 1.82) is 0 Å². The summed E-state index contributed by atoms with van der Waals surface area (Å²) in [6, 6.07) is 15.6. The van der Waals surface area contributed by atoms with Crippen molar-refractivity contribution in [2.24, 2.45) is 0 Å². The van der Waals surface area contributed by atoms with E-state index in [1.165, 1.54) is 0 Å². The minimum Gasteiger partial charge on any atom is -0.332 e. The van der Waals surface area contributed by atoms with Gasteiger partial charge in [-0.05, 0) is 36.8 Å². The van der Waals surface area contributed by atoms with Crippen LogP contribution in [0, 0.1) is 11.7 Å². The number of fused-ring (bicyclic) bond motifs is 1. The van der Waals surface area contributed by atoms with E-state index in [1.807, 2.05) is 55.5 Å². The van der Waals surface area contributed by atoms with E-state index in [9.17, 15) is 4.79 Å². The van der Waals surface area contributed by atoms with Crippen molar-refractivity contribution in [2.45, 2.75) is 13.5 Å². The van der Waals surface area contributed by atoms with E-state index in [1.54, 1.807) is 4.57 Å². The zero-order valence-corrected chi connectivity index (χ0v) is 13.9. The van der Waals surface area contributed by atoms with Crippen molar-refractivity contribution in [3.63, 3.8) is 0 Å². The predicted molar refractivity (Wildman–Crippen MR) is 92.6 cm³/mol. The number of benzene rings is 2. The van der Waals surface area contributed by atoms with E-state index in [4.69, 9.17) is 20.6 Å². The second-order valence-corrected chi connectivity index (χ2v) is 5.45. The van der Waals surface area contributed by atoms with Gasteiger partial charge >= 0.3 is 11.6 Å². The molecule has 0 radical (unpaired) electrons. The molecule has 1 N–H and O–H groups in total. The maximum atomic E-state index is 12.6. The van der Waals surface area contributed by atoms with Crippen LogP contribution in [0.5, 0.6) is 0 Å². The smallest absolute Gasteiger partial charge is 0.332 e. The first-order chi connectivity index (χ1) is 11.1. The van der Waals surface area contributed by atoms with Gasteiger partial charge in [0.15, 0.2) is 4.77 Å². The summed E-state index contributed by atoms with van der Waals surface area (Å²) in [7, 11) is 0. The highest BCUT2D eigenvalue weighted by Gasteiger charge is 2.06. The lowest BCUT2D eigenvalue weighted by atomic mass is 10.1. The number of rotatable bonds is 2. The first-order valence-electron chi connectivity index (χ1n) is 6.76. The normalized spacial score (nSPS) is 9.96. The van der Waals surface area contributed by atoms with E-state index in [-0.39, 0.29) is 5.56 Å². The molecule has 118 valence electrons. The third kappa shape index (κ3) is 4.08. The van der Waals surface area contributed by atoms with E-state index in [2.05, 4.69) is 4.98 Å². The van der Waals surface area contributed by atoms with Crippen molar-refractivity contribution >= 4 is 34.7 Å². The zero-order chi connectivity index (χ0) is 16.8. The molecule has 0 amide bonds. The van der Waals surface area contributed by atoms with Gasteiger partial charge in [0.2, 0.25) is 0 Å². The van der Waals surface area contributed by atoms with Gasteiger partial charge in [-0.15, -0.1) is 0 Å². The van der Waals surface area contributed by atoms with Crippen LogP contribution >= 0.6 is 12.2 Å². The van der Waals surface area contributed by atoms with Crippen LogP contribution in [0.2, 0.25) is 0 Å². The Labute approximate surface area is 141 Å². The molecule has 1 aromatic heterocycles. The molecule has 5 nitrogen and oxygen atoms in total. The fourth-order valence-electron chi connectivity index (χ4n) is 2.27. The first-order valence-corrected chi connectivity index (χ1v) is 7.83. The Balaban J connectivity index is 0.000000595. The molecular formula is C16H14N2O3S2. The summed E-state index contributed by atoms with van der Waals surface area (Å²) < 4.78 is 18.6. The standard InChI is InChI=1S/C16H14N2OS.O2S/c1-11-7-8-14-13(9-11)15(19)18(16(20)17-14)10-12-5-3-2-4-6-12;1-3-2/h2-9H,10H2,1H3,(H,17,20);. The van der Waals surface area contributed by atoms with Crippen LogP contribution in [0.15, 0.2) is 53.3 Å². The third-order valence-electron chi connectivity index (χ3n) is 3.32. The quantitative estimate of drug-likeness (QED) is 0.724. The molecule has 0 atom stereocenters. The fraction of sp³-hybridized carbons (Fsp3) is 0.125. The van der Waals surface area contributed by atoms with Gasteiger partial charge in [0, 0.05) is 0 Å². The lowest BCUT2D eigenvalue weighted by molar-refractivity contribution is 0.630. The van der Waals surface area contributed by atoms with E-state index < -0.39 is 11.6 Å². The Hall–Kier alpha value is -2.38. The summed E-state index contributed by atoms with van der Waals surface area (Å²) in [5.41, 5.74) is 2.86. The maximum absolute atomic E-state index is 12.6. The third-order valence-corrected chi connectivity index (χ3v) is 3.64. The lowest BCUT2D eigenvalue weighted by Crippen LogP contribution is -2.22. The molecule has 0 aliphatic rings. The molecule has 0 saturated heterocycles. The second kappa shape index (κ2) is 7.75. The van der Waals surface area contributed by atoms with Gasteiger partial charge in [-0.1, -0.05) is 42.0 Å². The number of nitrogens with one attached hydrogen (secondary N) is 1. The second-order valence-electron chi connectivity index (χ2n) is 4.92. The summed E-state index contributed by atoms with van der Waals surface area (Å²) >= 11 is 4.56. The predicted octanol–water partition coefficient (Wildman–Crippen LogP) is 2.75. The molecule has 3 aromatic rings. The van der Waals surface area contributed by atoms with E-state index in [0.717, 1.165) is 16.6 Å². The van der Waals surface area contributed by atoms with Crippen LogP contribution in [-0.4, -0.2) is 18.0 Å². The summed E-state index contributed by atoms with van der Waals surface area (Å²) in [6.45, 7) is 2.46. The molecular weight excluding hydrogens is 332 g/mol. The van der Waals surface area contributed by atoms with Gasteiger partial charge in [-0.3, -0.25) is 9.36 Å². The highest BCUT2D eigenvalue weighted by molar-refractivity contribution is 7.71. The average Bonchev–Trinajstić information content (AvgIpc) is 2.54. The molecule has 0 saturated carbocycles. The van der Waals surface area contributed by atoms with E-state index in [0.29, 0.717) is 16.7 Å². The van der Waals surface area contributed by atoms with Gasteiger partial charge in [0.05, 0.1) is 17.4 Å². The fourth-order valence-corrected chi connectivity index (χ4v) is 2.53. The molecule has 0 spiro atoms. The van der Waals surface area contributed by atoms with Crippen molar-refractivity contribution < 1.29 is 8.42 Å². The van der Waals surface area contributed by atoms with Gasteiger partial charge in [-0.2, -0.15) is 8.42 Å². The highest BCUT2D eigenvalue weighted by Crippen LogP contribution is 2.10. The lowest BCUT2D eigenvalue weighted by Gasteiger charge is -2.08. The molecule has 23 heavy (non-hydrogen) atoms. The van der Waals surface area contributed by atoms with Crippen LogP contribution in [0.1, 0.15) is 11.1 Å². The number of aromatic nitrogens is 2. The number of aryl methyl sites for hydroxylation is 1. The Morgan fingerprint density at radius 3 is 2.43 bits per heavy atom. The molecule has 0 bridgehead atoms. The highest BCUT2D eigenvalue weighted by atomic mass is 32.1. The maximum Gasteiger partial charge on any atom is 0.335 e. The van der Waals surface area contributed by atoms with E-state index >= 15 is 0 Å². The molecule has 0 aliphatic carbocycles. The minimum absolute atomic E-state index is 0.0451. The number of hydrogen-bond donors (Lipinski definition) is 1. The van der Waals surface area contributed by atoms with Gasteiger partial charge in [-0.25, -0.2) is 0 Å². The largest absolute Gasteiger partial charge is 0.335 e. The van der Waals surface area contributed by atoms with Crippen LogP contribution in [0.4, 0.5) is 0 Å². The summed E-state index contributed by atoms with van der Waals surface area (Å²) in [6.07, 6.45) is 0. The Morgan fingerprint density at radius 1 is 1.13 bits per heavy atom. The van der Waals surface area contributed by atoms with Crippen LogP contribution in [-0.2, 0) is 18.1 Å². The SMILES string of the molecule is Cc1ccc2[nH]c(=S)n(Cc3ccccc3)c(=O)c2c1.O=S=O. The molecule has 0 aliphatic heterocycles. The molecule has 1 heterocycles. The summed E-state index contributed by atoms with van der Waals surface area (Å²) in [5.74, 6) is 0. The van der Waals surface area contributed by atoms with Crippen molar-refractivity contribution in [3.05, 3.63) is 74.8 Å². The molecule has 3 rings (SSSR count). The number of nitrogens with zero attached hydrogens (tertiary/aromatic N) is 1. The van der Waals surface area contributed by atoms with Crippen LogP contribution in [0.25, 0.3) is 10.9 Å². The number of aromatic amines is 1. The van der Waals surface area contributed by atoms with Crippen LogP contribution in [0.3, 0.4) is 0 Å². The molecule has 0 unspecified atom stereocenters. The summed E-state index contributed by atoms with van der Waals surface area (Å²) in [4.78, 5) is 15.7. The van der Waals surface area contributed by atoms with Gasteiger partial charge < -0.3 is 4.98 Å². The topological polar surface area (TPSA) is 71.9 Å². The van der Waals surface area contributed by atoms with Crippen molar-refractivity contribution in [1.82, 2.24) is 9.55 Å². The average molecular weight is 346 g/mol. The van der Waals surface area contributed by atoms with Crippen molar-refractivity contribution in [3.8, 4) is 0 Å². The van der Waals surface area contributed by atoms with Crippen LogP contribution < -0.4 is 5.56 Å². The molecule has 7 heteroatoms. The molecule has 0 fully saturated rings. The minimum atomic E-state index is -0.750. The monoisotopic (exact) mass is 346 g/mol. The zero-order valence-electron chi connectivity index (χ0n) is 12.3. The number of H-pyrrole nitrogens is 1. The van der Waals surface area contributed by atoms with Crippen molar-refractivity contribution in [2.75, 3.05) is 0 Å². The number of hydrogen-bond acceptors (Lipinski definition) is 4.